The number of primary amides is 1. The Labute approximate surface area is 639 Å². The Morgan fingerprint density at radius 2 is 1.28 bits per heavy atom. The Morgan fingerprint density at radius 1 is 0.655 bits per heavy atom. The van der Waals surface area contributed by atoms with Crippen LogP contribution in [0.15, 0.2) is 85.5 Å². The first-order chi connectivity index (χ1) is 52.7. The number of aromatic amines is 2. The molecule has 1 unspecified atom stereocenters. The van der Waals surface area contributed by atoms with Crippen LogP contribution in [0, 0.1) is 5.41 Å². The van der Waals surface area contributed by atoms with Gasteiger partial charge in [0.1, 0.15) is 66.5 Å². The lowest BCUT2D eigenvalue weighted by molar-refractivity contribution is -0.148. The van der Waals surface area contributed by atoms with Crippen LogP contribution in [0.5, 0.6) is 0 Å². The molecular formula is C71H94N20O17S2. The molecule has 8 rings (SSSR count). The number of para-hydroxylation sites is 1. The molecule has 0 radical (unpaired) electrons. The summed E-state index contributed by atoms with van der Waals surface area (Å²) < 4.78 is 0. The Morgan fingerprint density at radius 3 is 1.95 bits per heavy atom. The standard InChI is InChI=1S/C71H94N20O17S2/c1-38(92)81-53-35-109-110-36-54(69(107)91-26-10-18-56(91)70(108)90-25-9-17-55(90)68(106)85-46(15-6-7-23-72)62(100)86-49(60(73)98)31-59(96)97)82-57(93)34-79-61(99)51(29-42-32-78-45-14-5-4-13-44(42)45)88-63(101)47(16-8-24-77-71(74)75)83-65(103)50(28-39-19-20-40-11-2-3-12-41(40)27-39)87-66(104)52(30-43-33-76-37-80-43)89-64(102)48(84-67(53)105)21-22-58(94)95/h2-5,11-14,19-20,27,32-33,37,46-56,78H,6-10,15-18,21-26,28-31,34-36,72H2,1H3,(H2,73,98)(H,76,80)(H,79,99)(H,81,92)(H,82,93)(H,83,103)(H,84,105)(H,85,106)(H,86,100)(H,87,104)(H,88,101)(H,89,102)(H,94,95)(H,96,97)(H4,74,75,77)/t46-,47-,48-,49-,50+,51-,52-,53?,54-,55-,56-/m0/s1. The zero-order chi connectivity index (χ0) is 79.6. The van der Waals surface area contributed by atoms with Gasteiger partial charge < -0.3 is 106 Å². The summed E-state index contributed by atoms with van der Waals surface area (Å²) in [5, 5.41) is 58.1. The van der Waals surface area contributed by atoms with Crippen LogP contribution in [0.4, 0.5) is 0 Å². The number of guanidine groups is 1. The van der Waals surface area contributed by atoms with E-state index in [-0.39, 0.29) is 101 Å². The first-order valence-electron chi connectivity index (χ1n) is 36.0. The monoisotopic (exact) mass is 1560 g/mol. The van der Waals surface area contributed by atoms with Crippen molar-refractivity contribution in [1.29, 1.82) is 5.41 Å². The average Bonchev–Trinajstić information content (AvgIpc) is 1.61. The molecule has 11 atom stereocenters. The highest BCUT2D eigenvalue weighted by Gasteiger charge is 2.45. The highest BCUT2D eigenvalue weighted by Crippen LogP contribution is 2.29. The lowest BCUT2D eigenvalue weighted by atomic mass is 9.99. The number of fused-ring (bicyclic) bond motifs is 2. The third-order valence-corrected chi connectivity index (χ3v) is 21.1. The largest absolute Gasteiger partial charge is 0.481 e. The molecule has 110 heavy (non-hydrogen) atoms. The van der Waals surface area contributed by atoms with E-state index in [1.54, 1.807) is 54.7 Å². The molecule has 22 N–H and O–H groups in total. The smallest absolute Gasteiger partial charge is 0.305 e. The van der Waals surface area contributed by atoms with Gasteiger partial charge in [0.25, 0.3) is 0 Å². The second kappa shape index (κ2) is 41.3. The number of unbranched alkanes of at least 4 members (excludes halogenated alkanes) is 1. The molecule has 13 amide bonds. The number of carbonyl (C=O) groups is 15. The van der Waals surface area contributed by atoms with E-state index < -0.39 is 187 Å². The fourth-order valence-corrected chi connectivity index (χ4v) is 15.4. The summed E-state index contributed by atoms with van der Waals surface area (Å²) in [5.74, 6) is -15.6. The number of imidazole rings is 1. The van der Waals surface area contributed by atoms with Gasteiger partial charge in [-0.2, -0.15) is 0 Å². The number of nitrogens with one attached hydrogen (secondary N) is 14. The fraction of sp³-hybridized carbons (Fsp3) is 0.479. The van der Waals surface area contributed by atoms with E-state index >= 15 is 19.2 Å². The first-order valence-corrected chi connectivity index (χ1v) is 38.5. The van der Waals surface area contributed by atoms with E-state index in [0.29, 0.717) is 41.3 Å². The van der Waals surface area contributed by atoms with Crippen LogP contribution in [-0.4, -0.2) is 240 Å². The number of aromatic nitrogens is 3. The van der Waals surface area contributed by atoms with Crippen molar-refractivity contribution in [1.82, 2.24) is 83.2 Å². The molecule has 0 spiro atoms. The van der Waals surface area contributed by atoms with Crippen LogP contribution in [0.25, 0.3) is 21.7 Å². The van der Waals surface area contributed by atoms with Gasteiger partial charge in [-0.25, -0.2) is 4.98 Å². The molecule has 5 aromatic rings. The van der Waals surface area contributed by atoms with Gasteiger partial charge in [0, 0.05) is 87.0 Å². The van der Waals surface area contributed by atoms with Crippen LogP contribution in [-0.2, 0) is 91.2 Å². The molecule has 5 heterocycles. The molecule has 0 saturated carbocycles. The molecule has 0 bridgehead atoms. The number of carboxylic acids is 2. The van der Waals surface area contributed by atoms with E-state index in [4.69, 9.17) is 22.6 Å². The van der Waals surface area contributed by atoms with Crippen molar-refractivity contribution in [3.8, 4) is 0 Å². The number of benzene rings is 3. The van der Waals surface area contributed by atoms with Crippen molar-refractivity contribution >= 4 is 138 Å². The minimum atomic E-state index is -1.71. The molecule has 592 valence electrons. The molecule has 0 aliphatic carbocycles. The lowest BCUT2D eigenvalue weighted by Crippen LogP contribution is -2.61. The van der Waals surface area contributed by atoms with E-state index in [1.165, 1.54) is 22.3 Å². The molecule has 3 fully saturated rings. The summed E-state index contributed by atoms with van der Waals surface area (Å²) in [6, 6.07) is 3.43. The van der Waals surface area contributed by atoms with Gasteiger partial charge in [-0.3, -0.25) is 77.3 Å². The number of hydrogen-bond acceptors (Lipinski definition) is 20. The number of carbonyl (C=O) groups excluding carboxylic acids is 13. The van der Waals surface area contributed by atoms with Crippen LogP contribution >= 0.6 is 21.6 Å². The van der Waals surface area contributed by atoms with Crippen LogP contribution in [0.1, 0.15) is 101 Å². The minimum absolute atomic E-state index is 0.000714. The maximum absolute atomic E-state index is 15.2. The maximum atomic E-state index is 15.2. The van der Waals surface area contributed by atoms with Crippen molar-refractivity contribution in [3.63, 3.8) is 0 Å². The Hall–Kier alpha value is -11.4. The summed E-state index contributed by atoms with van der Waals surface area (Å²) in [7, 11) is 1.84. The summed E-state index contributed by atoms with van der Waals surface area (Å²) in [4.78, 5) is 223. The number of aliphatic carboxylic acids is 2. The minimum Gasteiger partial charge on any atom is -0.481 e. The summed E-state index contributed by atoms with van der Waals surface area (Å²) in [6.45, 7) is 0.521. The van der Waals surface area contributed by atoms with Crippen molar-refractivity contribution < 1.29 is 82.1 Å². The van der Waals surface area contributed by atoms with Gasteiger partial charge in [-0.05, 0) is 98.7 Å². The number of likely N-dealkylation sites (tertiary alicyclic amines) is 2. The van der Waals surface area contributed by atoms with Gasteiger partial charge in [0.05, 0.1) is 25.0 Å². The number of amides is 13. The SMILES string of the molecule is CC(=O)NC1CSSC[C@@H](C(=O)N2CCC[C@H]2C(=O)N2CCC[C@H]2C(=O)N[C@@H](CCCCN)C(=O)N[C@@H](CC(=O)O)C(N)=O)NC(=O)CNC(=O)[C@H](Cc2c[nH]c3ccccc23)NC(=O)[C@H](CCCNC(=N)N)NC(=O)[C@@H](Cc2ccc3ccccc3c2)NC(=O)[C@H](Cc2c[nH]cn2)NC(=O)[C@H](CCC(=O)O)NC1=O. The maximum Gasteiger partial charge on any atom is 0.305 e. The highest BCUT2D eigenvalue weighted by atomic mass is 33.1. The number of carboxylic acid groups (broad SMARTS) is 2. The summed E-state index contributed by atoms with van der Waals surface area (Å²) in [5.41, 5.74) is 18.7. The quantitative estimate of drug-likeness (QED) is 0.0109. The second-order valence-electron chi connectivity index (χ2n) is 26.9. The van der Waals surface area contributed by atoms with Crippen molar-refractivity contribution in [3.05, 3.63) is 102 Å². The Kier molecular flexibility index (Phi) is 31.6. The van der Waals surface area contributed by atoms with Gasteiger partial charge in [0.15, 0.2) is 5.96 Å². The summed E-state index contributed by atoms with van der Waals surface area (Å²) >= 11 is 0. The molecule has 3 aliphatic heterocycles. The molecular weight excluding hydrogens is 1470 g/mol. The van der Waals surface area contributed by atoms with Crippen molar-refractivity contribution in [2.24, 2.45) is 17.2 Å². The summed E-state index contributed by atoms with van der Waals surface area (Å²) in [6.07, 6.45) is 2.89. The number of nitrogens with two attached hydrogens (primary N) is 3. The van der Waals surface area contributed by atoms with E-state index in [1.807, 2.05) is 18.2 Å². The first kappa shape index (κ1) is 84.3. The van der Waals surface area contributed by atoms with Crippen LogP contribution < -0.4 is 75.7 Å². The fourth-order valence-electron chi connectivity index (χ4n) is 13.1. The average molecular weight is 1560 g/mol. The third-order valence-electron chi connectivity index (χ3n) is 18.7. The van der Waals surface area contributed by atoms with Gasteiger partial charge in [-0.1, -0.05) is 82.3 Å². The Balaban J connectivity index is 1.13. The zero-order valence-electron chi connectivity index (χ0n) is 60.4. The molecule has 39 heteroatoms. The molecule has 3 saturated heterocycles. The molecule has 2 aromatic heterocycles. The van der Waals surface area contributed by atoms with Crippen LogP contribution in [0.3, 0.4) is 0 Å². The van der Waals surface area contributed by atoms with Gasteiger partial charge in [0.2, 0.25) is 76.8 Å². The van der Waals surface area contributed by atoms with Crippen LogP contribution in [0.2, 0.25) is 0 Å². The van der Waals surface area contributed by atoms with Crippen molar-refractivity contribution in [2.75, 3.05) is 44.2 Å². The second-order valence-corrected chi connectivity index (χ2v) is 29.4. The Bertz CT molecular complexity index is 4180. The number of H-pyrrole nitrogens is 2. The van der Waals surface area contributed by atoms with Gasteiger partial charge in [-0.15, -0.1) is 0 Å². The molecule has 37 nitrogen and oxygen atoms in total. The molecule has 3 aliphatic rings. The number of hydrogen-bond donors (Lipinski definition) is 19. The zero-order valence-corrected chi connectivity index (χ0v) is 62.0. The van der Waals surface area contributed by atoms with E-state index in [2.05, 4.69) is 73.4 Å². The topological polar surface area (TPSA) is 582 Å². The number of nitrogens with zero attached hydrogens (tertiary/aromatic N) is 3. The number of rotatable bonds is 27. The lowest BCUT2D eigenvalue weighted by Gasteiger charge is -2.33. The highest BCUT2D eigenvalue weighted by molar-refractivity contribution is 8.76. The van der Waals surface area contributed by atoms with E-state index in [9.17, 15) is 63.0 Å². The predicted molar refractivity (Wildman–Crippen MR) is 403 cm³/mol. The van der Waals surface area contributed by atoms with E-state index in [0.717, 1.165) is 39.3 Å². The third kappa shape index (κ3) is 24.8. The predicted octanol–water partition coefficient (Wildman–Crippen LogP) is -2.83. The van der Waals surface area contributed by atoms with Crippen molar-refractivity contribution in [2.45, 2.75) is 170 Å². The molecule has 3 aromatic carbocycles. The van der Waals surface area contributed by atoms with Gasteiger partial charge >= 0.3 is 11.9 Å². The normalized spacial score (nSPS) is 22.2.